The van der Waals surface area contributed by atoms with Gasteiger partial charge in [-0.15, -0.1) is 0 Å². The summed E-state index contributed by atoms with van der Waals surface area (Å²) in [5, 5.41) is 5.92. The molecule has 1 aliphatic heterocycles. The van der Waals surface area contributed by atoms with Crippen LogP contribution in [-0.4, -0.2) is 24.0 Å². The predicted molar refractivity (Wildman–Crippen MR) is 75.4 cm³/mol. The number of fused-ring (bicyclic) bond motifs is 1. The van der Waals surface area contributed by atoms with Crippen molar-refractivity contribution in [1.82, 2.24) is 5.32 Å². The molecule has 0 radical (unpaired) electrons. The molecule has 20 heavy (non-hydrogen) atoms. The second-order valence-corrected chi connectivity index (χ2v) is 5.45. The third-order valence-electron chi connectivity index (χ3n) is 3.33. The van der Waals surface area contributed by atoms with Crippen LogP contribution in [-0.2, 0) is 9.59 Å². The van der Waals surface area contributed by atoms with Gasteiger partial charge in [0, 0.05) is 6.04 Å². The summed E-state index contributed by atoms with van der Waals surface area (Å²) in [7, 11) is 0. The molecule has 0 bridgehead atoms. The van der Waals surface area contributed by atoms with Crippen LogP contribution in [0.25, 0.3) is 0 Å². The Morgan fingerprint density at radius 3 is 2.85 bits per heavy atom. The Morgan fingerprint density at radius 2 is 2.20 bits per heavy atom. The zero-order valence-corrected chi connectivity index (χ0v) is 11.8. The minimum atomic E-state index is -0.810. The minimum absolute atomic E-state index is 0.0366. The maximum Gasteiger partial charge on any atom is 0.262 e. The normalized spacial score (nSPS) is 15.8. The molecule has 1 aromatic carbocycles. The molecule has 6 nitrogen and oxygen atoms in total. The van der Waals surface area contributed by atoms with Crippen LogP contribution in [0.15, 0.2) is 18.2 Å². The van der Waals surface area contributed by atoms with E-state index in [4.69, 9.17) is 10.5 Å². The molecule has 0 aliphatic carbocycles. The summed E-state index contributed by atoms with van der Waals surface area (Å²) < 4.78 is 5.30. The Hall–Kier alpha value is -2.08. The zero-order chi connectivity index (χ0) is 14.9. The van der Waals surface area contributed by atoms with Crippen LogP contribution < -0.4 is 21.1 Å². The van der Waals surface area contributed by atoms with Crippen molar-refractivity contribution in [3.8, 4) is 5.75 Å². The van der Waals surface area contributed by atoms with Gasteiger partial charge in [-0.2, -0.15) is 0 Å². The fourth-order valence-corrected chi connectivity index (χ4v) is 2.07. The van der Waals surface area contributed by atoms with Crippen LogP contribution in [0.5, 0.6) is 5.75 Å². The number of ether oxygens (including phenoxy) is 1. The Bertz CT molecular complexity index is 555. The number of hydrogen-bond acceptors (Lipinski definition) is 4. The van der Waals surface area contributed by atoms with E-state index in [2.05, 4.69) is 10.6 Å². The van der Waals surface area contributed by atoms with E-state index in [0.717, 1.165) is 5.56 Å². The van der Waals surface area contributed by atoms with E-state index in [9.17, 15) is 9.59 Å². The van der Waals surface area contributed by atoms with E-state index < -0.39 is 11.4 Å². The maximum atomic E-state index is 11.3. The summed E-state index contributed by atoms with van der Waals surface area (Å²) in [6.45, 7) is 5.43. The average Bonchev–Trinajstić information content (AvgIpc) is 2.37. The lowest BCUT2D eigenvalue weighted by Crippen LogP contribution is -2.51. The summed E-state index contributed by atoms with van der Waals surface area (Å²) in [5.74, 6) is 0.0568. The van der Waals surface area contributed by atoms with Crippen molar-refractivity contribution in [1.29, 1.82) is 0 Å². The molecule has 1 unspecified atom stereocenters. The van der Waals surface area contributed by atoms with Gasteiger partial charge in [0.1, 0.15) is 5.75 Å². The van der Waals surface area contributed by atoms with Crippen LogP contribution in [0.4, 0.5) is 5.69 Å². The van der Waals surface area contributed by atoms with Gasteiger partial charge in [0.15, 0.2) is 6.61 Å². The molecule has 0 saturated heterocycles. The molecular formula is C14H19N3O3. The molecule has 1 aliphatic rings. The molecular weight excluding hydrogens is 258 g/mol. The lowest BCUT2D eigenvalue weighted by molar-refractivity contribution is -0.123. The molecule has 0 saturated carbocycles. The molecule has 108 valence electrons. The smallest absolute Gasteiger partial charge is 0.262 e. The van der Waals surface area contributed by atoms with E-state index in [1.165, 1.54) is 0 Å². The summed E-state index contributed by atoms with van der Waals surface area (Å²) in [6.07, 6.45) is 0. The second kappa shape index (κ2) is 5.13. The van der Waals surface area contributed by atoms with Crippen molar-refractivity contribution in [3.63, 3.8) is 0 Å². The lowest BCUT2D eigenvalue weighted by atomic mass is 10.00. The largest absolute Gasteiger partial charge is 0.482 e. The average molecular weight is 277 g/mol. The number of nitrogens with one attached hydrogen (secondary N) is 2. The molecule has 1 atom stereocenters. The highest BCUT2D eigenvalue weighted by molar-refractivity contribution is 5.95. The molecule has 4 N–H and O–H groups in total. The van der Waals surface area contributed by atoms with Crippen molar-refractivity contribution in [2.24, 2.45) is 5.73 Å². The van der Waals surface area contributed by atoms with E-state index >= 15 is 0 Å². The number of amides is 2. The van der Waals surface area contributed by atoms with Crippen LogP contribution >= 0.6 is 0 Å². The van der Waals surface area contributed by atoms with Gasteiger partial charge in [0.25, 0.3) is 5.91 Å². The first kappa shape index (κ1) is 14.3. The maximum absolute atomic E-state index is 11.3. The first-order valence-corrected chi connectivity index (χ1v) is 6.44. The minimum Gasteiger partial charge on any atom is -0.482 e. The quantitative estimate of drug-likeness (QED) is 0.763. The topological polar surface area (TPSA) is 93.5 Å². The monoisotopic (exact) mass is 277 g/mol. The third kappa shape index (κ3) is 2.91. The van der Waals surface area contributed by atoms with Crippen LogP contribution in [0.1, 0.15) is 32.4 Å². The van der Waals surface area contributed by atoms with Crippen molar-refractivity contribution < 1.29 is 14.3 Å². The van der Waals surface area contributed by atoms with Gasteiger partial charge in [0.05, 0.1) is 11.2 Å². The van der Waals surface area contributed by atoms with E-state index in [1.807, 2.05) is 19.1 Å². The number of primary amides is 1. The molecule has 6 heteroatoms. The Morgan fingerprint density at radius 1 is 1.50 bits per heavy atom. The van der Waals surface area contributed by atoms with Crippen LogP contribution in [0.3, 0.4) is 0 Å². The highest BCUT2D eigenvalue weighted by atomic mass is 16.5. The first-order valence-electron chi connectivity index (χ1n) is 6.44. The second-order valence-electron chi connectivity index (χ2n) is 5.45. The fraction of sp³-hybridized carbons (Fsp3) is 0.429. The van der Waals surface area contributed by atoms with Gasteiger partial charge in [-0.3, -0.25) is 14.9 Å². The van der Waals surface area contributed by atoms with Crippen molar-refractivity contribution >= 4 is 17.5 Å². The Balaban J connectivity index is 2.19. The fourth-order valence-electron chi connectivity index (χ4n) is 2.07. The molecule has 2 rings (SSSR count). The van der Waals surface area contributed by atoms with Crippen molar-refractivity contribution in [3.05, 3.63) is 23.8 Å². The van der Waals surface area contributed by atoms with Gasteiger partial charge in [-0.05, 0) is 38.5 Å². The first-order chi connectivity index (χ1) is 9.29. The number of benzene rings is 1. The van der Waals surface area contributed by atoms with Gasteiger partial charge in [-0.1, -0.05) is 6.07 Å². The highest BCUT2D eigenvalue weighted by Gasteiger charge is 2.27. The Kier molecular flexibility index (Phi) is 3.67. The lowest BCUT2D eigenvalue weighted by Gasteiger charge is -2.28. The number of rotatable bonds is 4. The summed E-state index contributed by atoms with van der Waals surface area (Å²) in [4.78, 5) is 22.7. The highest BCUT2D eigenvalue weighted by Crippen LogP contribution is 2.30. The summed E-state index contributed by atoms with van der Waals surface area (Å²) >= 11 is 0. The number of nitrogens with two attached hydrogens (primary N) is 1. The van der Waals surface area contributed by atoms with Gasteiger partial charge >= 0.3 is 0 Å². The number of anilines is 1. The van der Waals surface area contributed by atoms with E-state index in [0.29, 0.717) is 11.4 Å². The van der Waals surface area contributed by atoms with Gasteiger partial charge < -0.3 is 15.8 Å². The van der Waals surface area contributed by atoms with Crippen LogP contribution in [0, 0.1) is 0 Å². The number of carbonyl (C=O) groups is 2. The predicted octanol–water partition coefficient (Wildman–Crippen LogP) is 0.932. The molecule has 0 spiro atoms. The third-order valence-corrected chi connectivity index (χ3v) is 3.33. The van der Waals surface area contributed by atoms with Crippen molar-refractivity contribution in [2.75, 3.05) is 11.9 Å². The molecule has 0 aromatic heterocycles. The van der Waals surface area contributed by atoms with E-state index in [-0.39, 0.29) is 18.6 Å². The summed E-state index contributed by atoms with van der Waals surface area (Å²) in [6, 6.07) is 5.44. The molecule has 0 fully saturated rings. The van der Waals surface area contributed by atoms with Crippen LogP contribution in [0.2, 0.25) is 0 Å². The molecule has 1 aromatic rings. The van der Waals surface area contributed by atoms with Gasteiger partial charge in [-0.25, -0.2) is 0 Å². The standard InChI is InChI=1S/C14H19N3O3/c1-8(17-14(2,3)13(15)19)9-4-5-11-10(6-9)16-12(18)7-20-11/h4-6,8,17H,7H2,1-3H3,(H2,15,19)(H,16,18). The SMILES string of the molecule is CC(NC(C)(C)C(N)=O)c1ccc2c(c1)NC(=O)CO2. The van der Waals surface area contributed by atoms with E-state index in [1.54, 1.807) is 19.9 Å². The molecule has 2 amide bonds. The number of carbonyl (C=O) groups excluding carboxylic acids is 2. The Labute approximate surface area is 117 Å². The zero-order valence-electron chi connectivity index (χ0n) is 11.8. The summed E-state index contributed by atoms with van der Waals surface area (Å²) in [5.41, 5.74) is 6.11. The van der Waals surface area contributed by atoms with Crippen molar-refractivity contribution in [2.45, 2.75) is 32.4 Å². The van der Waals surface area contributed by atoms with Gasteiger partial charge in [0.2, 0.25) is 5.91 Å². The number of hydrogen-bond donors (Lipinski definition) is 3. The molecule has 1 heterocycles.